The first kappa shape index (κ1) is 20.9. The van der Waals surface area contributed by atoms with Crippen LogP contribution in [-0.4, -0.2) is 37.3 Å². The van der Waals surface area contributed by atoms with Gasteiger partial charge < -0.3 is 20.3 Å². The quantitative estimate of drug-likeness (QED) is 0.577. The molecule has 2 aromatic carbocycles. The van der Waals surface area contributed by atoms with Crippen molar-refractivity contribution < 1.29 is 27.1 Å². The Bertz CT molecular complexity index is 1110. The Balaban J connectivity index is 1.53. The molecule has 3 aromatic rings. The average molecular weight is 434 g/mol. The highest BCUT2D eigenvalue weighted by molar-refractivity contribution is 6.01. The maximum Gasteiger partial charge on any atom is 0.418 e. The van der Waals surface area contributed by atoms with Gasteiger partial charge in [0, 0.05) is 24.2 Å². The molecule has 0 aliphatic carbocycles. The molecule has 1 aliphatic rings. The van der Waals surface area contributed by atoms with Crippen LogP contribution in [0.5, 0.6) is 0 Å². The molecule has 0 radical (unpaired) electrons. The monoisotopic (exact) mass is 434 g/mol. The number of amides is 2. The van der Waals surface area contributed by atoms with E-state index in [9.17, 15) is 22.4 Å². The Morgan fingerprint density at radius 2 is 1.77 bits per heavy atom. The summed E-state index contributed by atoms with van der Waals surface area (Å²) in [4.78, 5) is 18.6. The molecule has 31 heavy (non-hydrogen) atoms. The molecule has 1 saturated heterocycles. The van der Waals surface area contributed by atoms with Crippen LogP contribution in [0.15, 0.2) is 48.5 Å². The van der Waals surface area contributed by atoms with Crippen LogP contribution in [0.3, 0.4) is 0 Å². The number of hydrogen-bond acceptors (Lipinski definition) is 4. The predicted octanol–water partition coefficient (Wildman–Crippen LogP) is 4.87. The van der Waals surface area contributed by atoms with Crippen molar-refractivity contribution in [2.45, 2.75) is 6.18 Å². The van der Waals surface area contributed by atoms with E-state index in [2.05, 4.69) is 15.6 Å². The van der Waals surface area contributed by atoms with Gasteiger partial charge in [-0.15, -0.1) is 0 Å². The molecule has 1 fully saturated rings. The SMILES string of the molecule is O=C(Nc1cc(F)c2nc(N3CCOCC3)ccc2c1)Nc1ccccc1C(F)(F)F. The number of pyridine rings is 1. The van der Waals surface area contributed by atoms with Crippen molar-refractivity contribution in [2.75, 3.05) is 41.8 Å². The summed E-state index contributed by atoms with van der Waals surface area (Å²) in [6, 6.07) is 9.69. The fraction of sp³-hybridized carbons (Fsp3) is 0.238. The van der Waals surface area contributed by atoms with Gasteiger partial charge in [-0.3, -0.25) is 0 Å². The number of para-hydroxylation sites is 1. The Kier molecular flexibility index (Phi) is 5.64. The minimum Gasteiger partial charge on any atom is -0.378 e. The number of morpholine rings is 1. The lowest BCUT2D eigenvalue weighted by molar-refractivity contribution is -0.136. The zero-order chi connectivity index (χ0) is 22.0. The third-order valence-electron chi connectivity index (χ3n) is 4.80. The van der Waals surface area contributed by atoms with Crippen LogP contribution in [-0.2, 0) is 10.9 Å². The molecule has 6 nitrogen and oxygen atoms in total. The number of benzene rings is 2. The zero-order valence-corrected chi connectivity index (χ0v) is 16.2. The summed E-state index contributed by atoms with van der Waals surface area (Å²) < 4.78 is 59.2. The van der Waals surface area contributed by atoms with E-state index < -0.39 is 29.3 Å². The molecule has 0 unspecified atom stereocenters. The Morgan fingerprint density at radius 3 is 2.52 bits per heavy atom. The predicted molar refractivity (Wildman–Crippen MR) is 109 cm³/mol. The number of nitrogens with zero attached hydrogens (tertiary/aromatic N) is 2. The van der Waals surface area contributed by atoms with Gasteiger partial charge in [-0.1, -0.05) is 12.1 Å². The van der Waals surface area contributed by atoms with Crippen molar-refractivity contribution in [3.8, 4) is 0 Å². The number of nitrogens with one attached hydrogen (secondary N) is 2. The van der Waals surface area contributed by atoms with Crippen LogP contribution in [0.2, 0.25) is 0 Å². The second-order valence-corrected chi connectivity index (χ2v) is 6.92. The number of hydrogen-bond donors (Lipinski definition) is 2. The molecule has 0 atom stereocenters. The molecule has 1 aliphatic heterocycles. The minimum absolute atomic E-state index is 0.0907. The van der Waals surface area contributed by atoms with Gasteiger partial charge in [0.15, 0.2) is 5.82 Å². The number of ether oxygens (including phenoxy) is 1. The van der Waals surface area contributed by atoms with Crippen LogP contribution in [0.4, 0.5) is 39.5 Å². The van der Waals surface area contributed by atoms with Gasteiger partial charge >= 0.3 is 12.2 Å². The van der Waals surface area contributed by atoms with Crippen LogP contribution >= 0.6 is 0 Å². The summed E-state index contributed by atoms with van der Waals surface area (Å²) >= 11 is 0. The number of carbonyl (C=O) groups excluding carboxylic acids is 1. The van der Waals surface area contributed by atoms with Crippen molar-refractivity contribution >= 4 is 34.1 Å². The van der Waals surface area contributed by atoms with E-state index in [1.54, 1.807) is 12.1 Å². The van der Waals surface area contributed by atoms with E-state index in [1.807, 2.05) is 4.90 Å². The molecular formula is C21H18F4N4O2. The van der Waals surface area contributed by atoms with E-state index in [0.29, 0.717) is 37.5 Å². The summed E-state index contributed by atoms with van der Waals surface area (Å²) in [7, 11) is 0. The van der Waals surface area contributed by atoms with Gasteiger partial charge in [0.05, 0.1) is 24.5 Å². The van der Waals surface area contributed by atoms with Crippen LogP contribution in [0, 0.1) is 5.82 Å². The van der Waals surface area contributed by atoms with Gasteiger partial charge in [0.2, 0.25) is 0 Å². The van der Waals surface area contributed by atoms with Crippen LogP contribution < -0.4 is 15.5 Å². The third kappa shape index (κ3) is 4.69. The topological polar surface area (TPSA) is 66.5 Å². The maximum atomic E-state index is 14.7. The van der Waals surface area contributed by atoms with E-state index in [0.717, 1.165) is 18.2 Å². The van der Waals surface area contributed by atoms with Crippen molar-refractivity contribution in [1.82, 2.24) is 4.98 Å². The molecule has 4 rings (SSSR count). The molecule has 2 amide bonds. The number of halogens is 4. The highest BCUT2D eigenvalue weighted by Crippen LogP contribution is 2.34. The molecule has 2 N–H and O–H groups in total. The molecule has 0 saturated carbocycles. The lowest BCUT2D eigenvalue weighted by Crippen LogP contribution is -2.36. The van der Waals surface area contributed by atoms with Gasteiger partial charge in [-0.25, -0.2) is 14.2 Å². The number of anilines is 3. The molecule has 0 spiro atoms. The highest BCUT2D eigenvalue weighted by Gasteiger charge is 2.33. The van der Waals surface area contributed by atoms with Gasteiger partial charge in [-0.05, 0) is 36.4 Å². The second kappa shape index (κ2) is 8.38. The summed E-state index contributed by atoms with van der Waals surface area (Å²) in [5, 5.41) is 4.97. The molecule has 0 bridgehead atoms. The first-order valence-electron chi connectivity index (χ1n) is 9.48. The highest BCUT2D eigenvalue weighted by atomic mass is 19.4. The van der Waals surface area contributed by atoms with Crippen molar-refractivity contribution in [1.29, 1.82) is 0 Å². The maximum absolute atomic E-state index is 14.7. The van der Waals surface area contributed by atoms with Crippen LogP contribution in [0.25, 0.3) is 10.9 Å². The molecule has 2 heterocycles. The van der Waals surface area contributed by atoms with Crippen molar-refractivity contribution in [3.05, 3.63) is 59.9 Å². The largest absolute Gasteiger partial charge is 0.418 e. The number of fused-ring (bicyclic) bond motifs is 1. The smallest absolute Gasteiger partial charge is 0.378 e. The second-order valence-electron chi connectivity index (χ2n) is 6.92. The number of alkyl halides is 3. The van der Waals surface area contributed by atoms with Gasteiger partial charge in [-0.2, -0.15) is 13.2 Å². The lowest BCUT2D eigenvalue weighted by Gasteiger charge is -2.28. The van der Waals surface area contributed by atoms with Crippen molar-refractivity contribution in [2.24, 2.45) is 0 Å². The summed E-state index contributed by atoms with van der Waals surface area (Å²) in [6.07, 6.45) is -4.62. The van der Waals surface area contributed by atoms with E-state index in [-0.39, 0.29) is 11.2 Å². The third-order valence-corrected chi connectivity index (χ3v) is 4.80. The number of carbonyl (C=O) groups is 1. The van der Waals surface area contributed by atoms with Crippen molar-refractivity contribution in [3.63, 3.8) is 0 Å². The Morgan fingerprint density at radius 1 is 1.03 bits per heavy atom. The molecule has 10 heteroatoms. The normalized spacial score (nSPS) is 14.5. The minimum atomic E-state index is -4.62. The Labute approximate surface area is 174 Å². The molecule has 1 aromatic heterocycles. The zero-order valence-electron chi connectivity index (χ0n) is 16.2. The Hall–Kier alpha value is -3.40. The standard InChI is InChI=1S/C21H18F4N4O2/c22-16-12-14(26-20(30)27-17-4-2-1-3-15(17)21(23,24)25)11-13-5-6-18(28-19(13)16)29-7-9-31-10-8-29/h1-6,11-12H,7-10H2,(H2,26,27,30). The number of aromatic nitrogens is 1. The summed E-state index contributed by atoms with van der Waals surface area (Å²) in [5.74, 6) is -0.0319. The molecule has 162 valence electrons. The fourth-order valence-corrected chi connectivity index (χ4v) is 3.35. The number of rotatable bonds is 3. The van der Waals surface area contributed by atoms with Gasteiger partial charge in [0.25, 0.3) is 0 Å². The summed E-state index contributed by atoms with van der Waals surface area (Å²) in [5.41, 5.74) is -1.15. The van der Waals surface area contributed by atoms with E-state index in [4.69, 9.17) is 4.74 Å². The lowest BCUT2D eigenvalue weighted by atomic mass is 10.1. The average Bonchev–Trinajstić information content (AvgIpc) is 2.74. The van der Waals surface area contributed by atoms with E-state index in [1.165, 1.54) is 18.2 Å². The summed E-state index contributed by atoms with van der Waals surface area (Å²) in [6.45, 7) is 2.44. The van der Waals surface area contributed by atoms with E-state index >= 15 is 0 Å². The first-order valence-corrected chi connectivity index (χ1v) is 9.48. The number of urea groups is 1. The first-order chi connectivity index (χ1) is 14.8. The molecular weight excluding hydrogens is 416 g/mol. The van der Waals surface area contributed by atoms with Gasteiger partial charge in [0.1, 0.15) is 11.3 Å². The van der Waals surface area contributed by atoms with Crippen LogP contribution in [0.1, 0.15) is 5.56 Å². The fourth-order valence-electron chi connectivity index (χ4n) is 3.35.